The molecule has 1 heterocycles. The number of hydrogen-bond donors (Lipinski definition) is 1. The fourth-order valence-electron chi connectivity index (χ4n) is 2.12. The van der Waals surface area contributed by atoms with Gasteiger partial charge in [0.2, 0.25) is 0 Å². The van der Waals surface area contributed by atoms with Gasteiger partial charge in [0.15, 0.2) is 0 Å². The monoisotopic (exact) mass is 271 g/mol. The molecular weight excluding hydrogens is 252 g/mol. The minimum absolute atomic E-state index is 0.164. The van der Waals surface area contributed by atoms with Crippen LogP contribution in [0.4, 0.5) is 8.78 Å². The van der Waals surface area contributed by atoms with Crippen molar-refractivity contribution in [2.75, 3.05) is 19.7 Å². The summed E-state index contributed by atoms with van der Waals surface area (Å²) in [6.07, 6.45) is 2.31. The van der Waals surface area contributed by atoms with Crippen molar-refractivity contribution in [2.24, 2.45) is 0 Å². The molecule has 0 amide bonds. The molecule has 2 atom stereocenters. The van der Waals surface area contributed by atoms with E-state index >= 15 is 0 Å². The van der Waals surface area contributed by atoms with E-state index < -0.39 is 11.6 Å². The lowest BCUT2D eigenvalue weighted by Crippen LogP contribution is -2.34. The highest BCUT2D eigenvalue weighted by Crippen LogP contribution is 2.16. The van der Waals surface area contributed by atoms with Crippen molar-refractivity contribution in [3.05, 3.63) is 29.8 Å². The lowest BCUT2D eigenvalue weighted by atomic mass is 10.2. The van der Waals surface area contributed by atoms with Crippen LogP contribution in [0.3, 0.4) is 0 Å². The minimum atomic E-state index is -0.630. The normalized spacial score (nSPS) is 20.5. The molecule has 0 bridgehead atoms. The Hall–Kier alpha value is -1.20. The van der Waals surface area contributed by atoms with Crippen LogP contribution in [0.15, 0.2) is 18.2 Å². The molecule has 1 aromatic rings. The molecule has 0 aromatic heterocycles. The molecule has 0 radical (unpaired) electrons. The summed E-state index contributed by atoms with van der Waals surface area (Å²) in [7, 11) is 0. The first kappa shape index (κ1) is 14.2. The summed E-state index contributed by atoms with van der Waals surface area (Å²) in [6, 6.07) is 3.19. The zero-order valence-electron chi connectivity index (χ0n) is 11.0. The van der Waals surface area contributed by atoms with Gasteiger partial charge in [0.25, 0.3) is 0 Å². The van der Waals surface area contributed by atoms with Gasteiger partial charge in [0.05, 0.1) is 6.10 Å². The van der Waals surface area contributed by atoms with Crippen LogP contribution in [-0.4, -0.2) is 31.9 Å². The predicted molar refractivity (Wildman–Crippen MR) is 68.3 cm³/mol. The number of ether oxygens (including phenoxy) is 2. The summed E-state index contributed by atoms with van der Waals surface area (Å²) in [5.74, 6) is -1.05. The van der Waals surface area contributed by atoms with Crippen LogP contribution < -0.4 is 10.1 Å². The number of nitrogens with one attached hydrogen (secondary N) is 1. The van der Waals surface area contributed by atoms with Crippen LogP contribution in [0.2, 0.25) is 0 Å². The van der Waals surface area contributed by atoms with Crippen molar-refractivity contribution in [2.45, 2.75) is 32.0 Å². The molecule has 3 nitrogen and oxygen atoms in total. The van der Waals surface area contributed by atoms with Gasteiger partial charge >= 0.3 is 0 Å². The first-order valence-electron chi connectivity index (χ1n) is 6.58. The molecule has 1 aromatic carbocycles. The zero-order valence-corrected chi connectivity index (χ0v) is 11.0. The maximum absolute atomic E-state index is 13.0. The molecule has 0 saturated carbocycles. The molecule has 1 fully saturated rings. The van der Waals surface area contributed by atoms with E-state index in [1.165, 1.54) is 12.1 Å². The van der Waals surface area contributed by atoms with Crippen LogP contribution in [-0.2, 0) is 4.74 Å². The number of benzene rings is 1. The van der Waals surface area contributed by atoms with E-state index in [0.29, 0.717) is 6.54 Å². The van der Waals surface area contributed by atoms with Crippen molar-refractivity contribution in [1.82, 2.24) is 5.32 Å². The Bertz CT molecular complexity index is 388. The van der Waals surface area contributed by atoms with Gasteiger partial charge in [0.1, 0.15) is 23.5 Å². The number of halogens is 2. The van der Waals surface area contributed by atoms with E-state index in [9.17, 15) is 8.78 Å². The molecule has 1 aliphatic rings. The lowest BCUT2D eigenvalue weighted by molar-refractivity contribution is 0.106. The smallest absolute Gasteiger partial charge is 0.129 e. The van der Waals surface area contributed by atoms with Gasteiger partial charge in [-0.15, -0.1) is 0 Å². The van der Waals surface area contributed by atoms with Crippen LogP contribution >= 0.6 is 0 Å². The van der Waals surface area contributed by atoms with Gasteiger partial charge in [-0.1, -0.05) is 0 Å². The number of rotatable bonds is 6. The number of hydrogen-bond acceptors (Lipinski definition) is 3. The molecule has 1 aliphatic heterocycles. The van der Waals surface area contributed by atoms with Gasteiger partial charge in [0, 0.05) is 37.9 Å². The summed E-state index contributed by atoms with van der Waals surface area (Å²) in [4.78, 5) is 0. The molecule has 106 valence electrons. The third-order valence-electron chi connectivity index (χ3n) is 3.00. The predicted octanol–water partition coefficient (Wildman–Crippen LogP) is 2.50. The molecule has 0 spiro atoms. The van der Waals surface area contributed by atoms with Crippen molar-refractivity contribution in [3.63, 3.8) is 0 Å². The second-order valence-electron chi connectivity index (χ2n) is 4.83. The summed E-state index contributed by atoms with van der Waals surface area (Å²) in [5.41, 5.74) is 0. The maximum atomic E-state index is 13.0. The third-order valence-corrected chi connectivity index (χ3v) is 3.00. The zero-order chi connectivity index (χ0) is 13.7. The van der Waals surface area contributed by atoms with E-state index in [2.05, 4.69) is 5.32 Å². The highest BCUT2D eigenvalue weighted by atomic mass is 19.1. The van der Waals surface area contributed by atoms with E-state index in [1.807, 2.05) is 6.92 Å². The highest BCUT2D eigenvalue weighted by Gasteiger charge is 2.15. The van der Waals surface area contributed by atoms with Crippen LogP contribution in [0.1, 0.15) is 19.8 Å². The molecular formula is C14H19F2NO2. The van der Waals surface area contributed by atoms with E-state index in [1.54, 1.807) is 0 Å². The van der Waals surface area contributed by atoms with E-state index in [-0.39, 0.29) is 18.0 Å². The Kier molecular flexibility index (Phi) is 5.10. The highest BCUT2D eigenvalue weighted by molar-refractivity contribution is 5.24. The van der Waals surface area contributed by atoms with Gasteiger partial charge in [-0.2, -0.15) is 0 Å². The van der Waals surface area contributed by atoms with Crippen molar-refractivity contribution < 1.29 is 18.3 Å². The third kappa shape index (κ3) is 4.76. The van der Waals surface area contributed by atoms with Crippen molar-refractivity contribution in [3.8, 4) is 5.75 Å². The maximum Gasteiger partial charge on any atom is 0.129 e. The van der Waals surface area contributed by atoms with Gasteiger partial charge in [-0.3, -0.25) is 0 Å². The van der Waals surface area contributed by atoms with Crippen LogP contribution in [0, 0.1) is 11.6 Å². The lowest BCUT2D eigenvalue weighted by Gasteiger charge is -2.17. The minimum Gasteiger partial charge on any atom is -0.489 e. The van der Waals surface area contributed by atoms with Gasteiger partial charge < -0.3 is 14.8 Å². The second-order valence-corrected chi connectivity index (χ2v) is 4.83. The summed E-state index contributed by atoms with van der Waals surface area (Å²) < 4.78 is 36.9. The van der Waals surface area contributed by atoms with Gasteiger partial charge in [-0.25, -0.2) is 8.78 Å². The quantitative estimate of drug-likeness (QED) is 0.862. The molecule has 5 heteroatoms. The second kappa shape index (κ2) is 6.82. The average molecular weight is 271 g/mol. The fraction of sp³-hybridized carbons (Fsp3) is 0.571. The molecule has 2 unspecified atom stereocenters. The van der Waals surface area contributed by atoms with Crippen LogP contribution in [0.5, 0.6) is 5.75 Å². The molecule has 2 rings (SSSR count). The van der Waals surface area contributed by atoms with Crippen molar-refractivity contribution in [1.29, 1.82) is 0 Å². The average Bonchev–Trinajstić information content (AvgIpc) is 2.80. The van der Waals surface area contributed by atoms with E-state index in [0.717, 1.165) is 32.1 Å². The Morgan fingerprint density at radius 2 is 2.11 bits per heavy atom. The summed E-state index contributed by atoms with van der Waals surface area (Å²) in [6.45, 7) is 4.08. The Labute approximate surface area is 111 Å². The molecule has 0 aliphatic carbocycles. The van der Waals surface area contributed by atoms with Crippen LogP contribution in [0.25, 0.3) is 0 Å². The molecule has 1 N–H and O–H groups in total. The SMILES string of the molecule is CC(CNCC1CCCO1)Oc1cc(F)cc(F)c1. The van der Waals surface area contributed by atoms with Gasteiger partial charge in [-0.05, 0) is 19.8 Å². The fourth-order valence-corrected chi connectivity index (χ4v) is 2.12. The Morgan fingerprint density at radius 3 is 2.74 bits per heavy atom. The Balaban J connectivity index is 1.72. The Morgan fingerprint density at radius 1 is 1.37 bits per heavy atom. The summed E-state index contributed by atoms with van der Waals surface area (Å²) >= 11 is 0. The van der Waals surface area contributed by atoms with Crippen molar-refractivity contribution >= 4 is 0 Å². The first-order valence-corrected chi connectivity index (χ1v) is 6.58. The van der Waals surface area contributed by atoms with E-state index in [4.69, 9.17) is 9.47 Å². The summed E-state index contributed by atoms with van der Waals surface area (Å²) in [5, 5.41) is 3.24. The molecule has 19 heavy (non-hydrogen) atoms. The largest absolute Gasteiger partial charge is 0.489 e. The standard InChI is InChI=1S/C14H19F2NO2/c1-10(8-17-9-13-3-2-4-18-13)19-14-6-11(15)5-12(16)7-14/h5-7,10,13,17H,2-4,8-9H2,1H3. The molecule has 1 saturated heterocycles. The topological polar surface area (TPSA) is 30.5 Å². The first-order chi connectivity index (χ1) is 9.13.